The molecule has 0 aliphatic carbocycles. The van der Waals surface area contributed by atoms with Crippen molar-refractivity contribution in [1.82, 2.24) is 30.2 Å². The number of methoxy groups -OCH3 is 1. The zero-order chi connectivity index (χ0) is 29.1. The Morgan fingerprint density at radius 2 is 1.85 bits per heavy atom. The molecule has 1 fully saturated rings. The third kappa shape index (κ3) is 5.95. The van der Waals surface area contributed by atoms with Crippen LogP contribution in [0.5, 0.6) is 0 Å². The van der Waals surface area contributed by atoms with Gasteiger partial charge in [0, 0.05) is 19.2 Å². The number of benzene rings is 2. The van der Waals surface area contributed by atoms with Gasteiger partial charge in [-0.2, -0.15) is 5.21 Å². The highest BCUT2D eigenvalue weighted by Crippen LogP contribution is 2.31. The number of nitrogens with zero attached hydrogens (tertiary/aromatic N) is 5. The number of rotatable bonds is 10. The predicted molar refractivity (Wildman–Crippen MR) is 143 cm³/mol. The zero-order valence-corrected chi connectivity index (χ0v) is 23.0. The number of aliphatic hydroxyl groups is 1. The van der Waals surface area contributed by atoms with Gasteiger partial charge in [0.25, 0.3) is 0 Å². The third-order valence-electron chi connectivity index (χ3n) is 6.64. The molecule has 1 aliphatic rings. The van der Waals surface area contributed by atoms with Crippen LogP contribution in [0.3, 0.4) is 0 Å². The van der Waals surface area contributed by atoms with Crippen molar-refractivity contribution in [1.29, 1.82) is 0 Å². The quantitative estimate of drug-likeness (QED) is 0.273. The van der Waals surface area contributed by atoms with Crippen molar-refractivity contribution < 1.29 is 33.6 Å². The number of cyclic esters (lactones) is 2. The fourth-order valence-corrected chi connectivity index (χ4v) is 4.59. The van der Waals surface area contributed by atoms with Gasteiger partial charge < -0.3 is 28.6 Å². The monoisotopic (exact) mass is 562 g/mol. The van der Waals surface area contributed by atoms with Gasteiger partial charge in [-0.05, 0) is 42.7 Å². The van der Waals surface area contributed by atoms with E-state index in [1.807, 2.05) is 48.5 Å². The number of carbonyl (C=O) groups excluding carboxylic acids is 2. The van der Waals surface area contributed by atoms with Crippen LogP contribution in [0, 0.1) is 0 Å². The lowest BCUT2D eigenvalue weighted by molar-refractivity contribution is 0.0219. The molecule has 2 aromatic heterocycles. The maximum atomic E-state index is 13.4. The molecule has 5 rings (SSSR count). The van der Waals surface area contributed by atoms with E-state index in [9.17, 15) is 14.7 Å². The molecule has 13 nitrogen and oxygen atoms in total. The van der Waals surface area contributed by atoms with E-state index >= 15 is 0 Å². The number of nitrogens with one attached hydrogen (secondary N) is 1. The van der Waals surface area contributed by atoms with Gasteiger partial charge in [-0.15, -0.1) is 10.2 Å². The molecule has 2 unspecified atom stereocenters. The summed E-state index contributed by atoms with van der Waals surface area (Å²) in [6.45, 7) is 4.86. The summed E-state index contributed by atoms with van der Waals surface area (Å²) < 4.78 is 22.6. The first-order chi connectivity index (χ1) is 19.7. The highest BCUT2D eigenvalue weighted by atomic mass is 16.8. The standard InChI is InChI=1S/C28H30N6O7/c1-16-21(41-27(36)40-16)14-39-26(35)23-24(28(2,3)37)29-22(15-38-4)34(23)13-17-9-11-18(12-10-17)19-7-5-6-8-20(19)25-30-32-33-31-25/h5-12,16,21,37H,13-15H2,1-4H3,(H,30,31,32,33). The highest BCUT2D eigenvalue weighted by molar-refractivity contribution is 5.89. The van der Waals surface area contributed by atoms with E-state index in [1.54, 1.807) is 11.5 Å². The minimum atomic E-state index is -1.46. The number of imidazole rings is 1. The summed E-state index contributed by atoms with van der Waals surface area (Å²) in [5.41, 5.74) is 2.34. The molecule has 0 bridgehead atoms. The lowest BCUT2D eigenvalue weighted by Gasteiger charge is -2.18. The maximum absolute atomic E-state index is 13.4. The first kappa shape index (κ1) is 27.9. The molecule has 3 heterocycles. The molecule has 0 amide bonds. The van der Waals surface area contributed by atoms with Crippen LogP contribution in [0.4, 0.5) is 4.79 Å². The van der Waals surface area contributed by atoms with E-state index in [1.165, 1.54) is 21.0 Å². The molecule has 1 saturated heterocycles. The number of carbonyl (C=O) groups is 2. The molecule has 0 spiro atoms. The van der Waals surface area contributed by atoms with Gasteiger partial charge in [0.1, 0.15) is 36.4 Å². The Kier molecular flexibility index (Phi) is 7.81. The second-order valence-corrected chi connectivity index (χ2v) is 10.1. The van der Waals surface area contributed by atoms with Crippen LogP contribution in [-0.4, -0.2) is 73.3 Å². The van der Waals surface area contributed by atoms with Crippen molar-refractivity contribution in [2.45, 2.75) is 51.7 Å². The summed E-state index contributed by atoms with van der Waals surface area (Å²) in [4.78, 5) is 29.4. The molecular formula is C28H30N6O7. The average molecular weight is 563 g/mol. The minimum absolute atomic E-state index is 0.0778. The summed E-state index contributed by atoms with van der Waals surface area (Å²) >= 11 is 0. The molecule has 2 aromatic carbocycles. The first-order valence-corrected chi connectivity index (χ1v) is 12.9. The molecule has 1 aliphatic heterocycles. The van der Waals surface area contributed by atoms with Crippen LogP contribution in [0.15, 0.2) is 48.5 Å². The zero-order valence-electron chi connectivity index (χ0n) is 23.0. The Labute approximate surface area is 235 Å². The van der Waals surface area contributed by atoms with E-state index in [-0.39, 0.29) is 31.1 Å². The minimum Gasteiger partial charge on any atom is -0.457 e. The van der Waals surface area contributed by atoms with Crippen LogP contribution >= 0.6 is 0 Å². The largest absolute Gasteiger partial charge is 0.509 e. The van der Waals surface area contributed by atoms with E-state index in [0.717, 1.165) is 22.3 Å². The molecule has 0 radical (unpaired) electrons. The molecule has 2 N–H and O–H groups in total. The van der Waals surface area contributed by atoms with Crippen LogP contribution in [0.25, 0.3) is 22.5 Å². The van der Waals surface area contributed by atoms with E-state index < -0.39 is 29.9 Å². The van der Waals surface area contributed by atoms with E-state index in [4.69, 9.17) is 18.9 Å². The van der Waals surface area contributed by atoms with Gasteiger partial charge in [0.2, 0.25) is 5.82 Å². The Bertz CT molecular complexity index is 1530. The molecular weight excluding hydrogens is 532 g/mol. The van der Waals surface area contributed by atoms with Crippen LogP contribution < -0.4 is 0 Å². The molecule has 0 saturated carbocycles. The topological polar surface area (TPSA) is 164 Å². The van der Waals surface area contributed by atoms with Crippen LogP contribution in [0.1, 0.15) is 48.3 Å². The van der Waals surface area contributed by atoms with Crippen molar-refractivity contribution in [3.63, 3.8) is 0 Å². The molecule has 214 valence electrons. The van der Waals surface area contributed by atoms with Crippen LogP contribution in [-0.2, 0) is 37.7 Å². The summed E-state index contributed by atoms with van der Waals surface area (Å²) in [7, 11) is 1.52. The number of aromatic amines is 1. The van der Waals surface area contributed by atoms with Crippen molar-refractivity contribution in [3.8, 4) is 22.5 Å². The Balaban J connectivity index is 1.45. The Morgan fingerprint density at radius 1 is 1.12 bits per heavy atom. The van der Waals surface area contributed by atoms with Gasteiger partial charge in [-0.1, -0.05) is 48.5 Å². The molecule has 41 heavy (non-hydrogen) atoms. The number of hydrogen-bond donors (Lipinski definition) is 2. The summed E-state index contributed by atoms with van der Waals surface area (Å²) in [6, 6.07) is 15.5. The Morgan fingerprint density at radius 3 is 2.46 bits per heavy atom. The molecule has 13 heteroatoms. The first-order valence-electron chi connectivity index (χ1n) is 12.9. The second kappa shape index (κ2) is 11.5. The number of hydrogen-bond acceptors (Lipinski definition) is 11. The fraction of sp³-hybridized carbons (Fsp3) is 0.357. The van der Waals surface area contributed by atoms with E-state index in [2.05, 4.69) is 25.6 Å². The lowest BCUT2D eigenvalue weighted by atomic mass is 9.98. The number of tetrazole rings is 1. The number of esters is 1. The third-order valence-corrected chi connectivity index (χ3v) is 6.64. The van der Waals surface area contributed by atoms with Gasteiger partial charge in [0.05, 0.1) is 0 Å². The van der Waals surface area contributed by atoms with Crippen molar-refractivity contribution >= 4 is 12.1 Å². The van der Waals surface area contributed by atoms with Gasteiger partial charge in [-0.3, -0.25) is 0 Å². The SMILES string of the molecule is COCc1nc(C(C)(C)O)c(C(=O)OCC2OC(=O)OC2C)n1Cc1ccc(-c2ccccc2-c2nn[nH]n2)cc1. The highest BCUT2D eigenvalue weighted by Gasteiger charge is 2.37. The fourth-order valence-electron chi connectivity index (χ4n) is 4.59. The predicted octanol–water partition coefficient (Wildman–Crippen LogP) is 3.23. The summed E-state index contributed by atoms with van der Waals surface area (Å²) in [5, 5.41) is 25.2. The van der Waals surface area contributed by atoms with Crippen LogP contribution in [0.2, 0.25) is 0 Å². The van der Waals surface area contributed by atoms with Crippen molar-refractivity contribution in [2.75, 3.05) is 13.7 Å². The molecule has 2 atom stereocenters. The van der Waals surface area contributed by atoms with E-state index in [0.29, 0.717) is 11.6 Å². The van der Waals surface area contributed by atoms with Gasteiger partial charge in [0.15, 0.2) is 11.8 Å². The summed E-state index contributed by atoms with van der Waals surface area (Å²) in [6.07, 6.45) is -2.12. The number of aromatic nitrogens is 6. The lowest BCUT2D eigenvalue weighted by Crippen LogP contribution is -2.29. The average Bonchev–Trinajstić information content (AvgIpc) is 3.67. The normalized spacial score (nSPS) is 16.9. The molecule has 4 aromatic rings. The summed E-state index contributed by atoms with van der Waals surface area (Å²) in [5.74, 6) is 0.202. The second-order valence-electron chi connectivity index (χ2n) is 10.1. The van der Waals surface area contributed by atoms with Gasteiger partial charge >= 0.3 is 12.1 Å². The number of H-pyrrole nitrogens is 1. The van der Waals surface area contributed by atoms with Gasteiger partial charge in [-0.25, -0.2) is 14.6 Å². The van der Waals surface area contributed by atoms with Crippen molar-refractivity contribution in [3.05, 3.63) is 71.3 Å². The maximum Gasteiger partial charge on any atom is 0.509 e. The number of ether oxygens (including phenoxy) is 4. The van der Waals surface area contributed by atoms with Crippen molar-refractivity contribution in [2.24, 2.45) is 0 Å². The Hall–Kier alpha value is -4.62. The smallest absolute Gasteiger partial charge is 0.457 e.